The number of rotatable bonds is 2. The highest BCUT2D eigenvalue weighted by Gasteiger charge is 2.32. The number of ether oxygens (including phenoxy) is 3. The van der Waals surface area contributed by atoms with Crippen molar-refractivity contribution in [1.29, 1.82) is 0 Å². The molecule has 0 radical (unpaired) electrons. The predicted molar refractivity (Wildman–Crippen MR) is 52.7 cm³/mol. The van der Waals surface area contributed by atoms with E-state index < -0.39 is 36.8 Å². The minimum atomic E-state index is -4.83. The van der Waals surface area contributed by atoms with Gasteiger partial charge in [0.1, 0.15) is 12.2 Å². The number of benzene rings is 1. The van der Waals surface area contributed by atoms with Crippen LogP contribution in [0.3, 0.4) is 0 Å². The Balaban J connectivity index is 2.18. The first-order valence-corrected chi connectivity index (χ1v) is 5.08. The molecule has 1 saturated heterocycles. The molecular weight excluding hydrogens is 269 g/mol. The van der Waals surface area contributed by atoms with Gasteiger partial charge in [0.25, 0.3) is 6.29 Å². The van der Waals surface area contributed by atoms with Crippen LogP contribution in [0, 0.1) is 0 Å². The smallest absolute Gasteiger partial charge is 0.420 e. The largest absolute Gasteiger partial charge is 0.573 e. The van der Waals surface area contributed by atoms with Crippen LogP contribution in [0.15, 0.2) is 24.3 Å². The van der Waals surface area contributed by atoms with Crippen LogP contribution >= 0.6 is 0 Å². The molecule has 1 aliphatic rings. The molecule has 1 aromatic rings. The molecule has 0 saturated carbocycles. The van der Waals surface area contributed by atoms with E-state index in [1.54, 1.807) is 0 Å². The summed E-state index contributed by atoms with van der Waals surface area (Å²) in [5.41, 5.74) is 0.0724. The maximum atomic E-state index is 12.0. The predicted octanol–water partition coefficient (Wildman–Crippen LogP) is 2.07. The van der Waals surface area contributed by atoms with Crippen molar-refractivity contribution in [2.75, 3.05) is 0 Å². The zero-order chi connectivity index (χ0) is 14.0. The van der Waals surface area contributed by atoms with Gasteiger partial charge in [-0.3, -0.25) is 9.59 Å². The number of carbonyl (C=O) groups excluding carboxylic acids is 2. The van der Waals surface area contributed by atoms with Gasteiger partial charge in [0.15, 0.2) is 0 Å². The van der Waals surface area contributed by atoms with E-state index in [2.05, 4.69) is 4.74 Å². The number of carbonyl (C=O) groups is 2. The van der Waals surface area contributed by atoms with Crippen LogP contribution in [0.1, 0.15) is 18.3 Å². The van der Waals surface area contributed by atoms with Crippen molar-refractivity contribution in [2.24, 2.45) is 0 Å². The third kappa shape index (κ3) is 3.60. The molecule has 2 rings (SSSR count). The number of halogens is 3. The van der Waals surface area contributed by atoms with E-state index in [1.165, 1.54) is 12.1 Å². The third-order valence-corrected chi connectivity index (χ3v) is 2.13. The Bertz CT molecular complexity index is 495. The van der Waals surface area contributed by atoms with Crippen LogP contribution in [-0.2, 0) is 19.1 Å². The Labute approximate surface area is 104 Å². The number of hydrogen-bond acceptors (Lipinski definition) is 5. The summed E-state index contributed by atoms with van der Waals surface area (Å²) in [7, 11) is 0. The van der Waals surface area contributed by atoms with E-state index in [1.807, 2.05) is 0 Å². The monoisotopic (exact) mass is 276 g/mol. The fourth-order valence-electron chi connectivity index (χ4n) is 1.46. The molecule has 0 bridgehead atoms. The summed E-state index contributed by atoms with van der Waals surface area (Å²) in [6, 6.07) is 4.65. The minimum Gasteiger partial charge on any atom is -0.420 e. The Morgan fingerprint density at radius 3 is 2.37 bits per heavy atom. The summed E-state index contributed by atoms with van der Waals surface area (Å²) in [5, 5.41) is 0. The molecule has 5 nitrogen and oxygen atoms in total. The molecule has 8 heteroatoms. The lowest BCUT2D eigenvalue weighted by Crippen LogP contribution is -2.26. The standard InChI is InChI=1S/C11H7F3O5/c12-11(13,14)19-7-3-1-2-6(4-7)10-17-8(15)5-9(16)18-10/h1-4,10H,5H2. The zero-order valence-corrected chi connectivity index (χ0v) is 9.27. The van der Waals surface area contributed by atoms with Crippen molar-refractivity contribution >= 4 is 11.9 Å². The van der Waals surface area contributed by atoms with Crippen molar-refractivity contribution in [3.8, 4) is 5.75 Å². The maximum Gasteiger partial charge on any atom is 0.573 e. The number of esters is 2. The second kappa shape index (κ2) is 4.79. The normalized spacial score (nSPS) is 16.8. The summed E-state index contributed by atoms with van der Waals surface area (Å²) >= 11 is 0. The van der Waals surface area contributed by atoms with Gasteiger partial charge in [0.05, 0.1) is 0 Å². The van der Waals surface area contributed by atoms with Gasteiger partial charge >= 0.3 is 18.3 Å². The Morgan fingerprint density at radius 1 is 1.16 bits per heavy atom. The molecule has 0 aliphatic carbocycles. The number of hydrogen-bond donors (Lipinski definition) is 0. The lowest BCUT2D eigenvalue weighted by Gasteiger charge is -2.22. The molecular formula is C11H7F3O5. The first kappa shape index (κ1) is 13.2. The molecule has 0 unspecified atom stereocenters. The zero-order valence-electron chi connectivity index (χ0n) is 9.27. The highest BCUT2D eigenvalue weighted by molar-refractivity contribution is 5.92. The molecule has 0 N–H and O–H groups in total. The van der Waals surface area contributed by atoms with Crippen LogP contribution in [0.5, 0.6) is 5.75 Å². The van der Waals surface area contributed by atoms with Crippen LogP contribution in [0.2, 0.25) is 0 Å². The lowest BCUT2D eigenvalue weighted by molar-refractivity contribution is -0.274. The van der Waals surface area contributed by atoms with Gasteiger partial charge in [-0.1, -0.05) is 12.1 Å². The average Bonchev–Trinajstić information content (AvgIpc) is 2.25. The fraction of sp³-hybridized carbons (Fsp3) is 0.273. The van der Waals surface area contributed by atoms with Crippen LogP contribution < -0.4 is 4.74 Å². The molecule has 0 atom stereocenters. The van der Waals surface area contributed by atoms with Crippen molar-refractivity contribution in [3.63, 3.8) is 0 Å². The molecule has 1 heterocycles. The Morgan fingerprint density at radius 2 is 1.79 bits per heavy atom. The summed E-state index contributed by atoms with van der Waals surface area (Å²) in [6.07, 6.45) is -6.71. The summed E-state index contributed by atoms with van der Waals surface area (Å²) in [5.74, 6) is -2.10. The first-order chi connectivity index (χ1) is 8.83. The molecule has 19 heavy (non-hydrogen) atoms. The van der Waals surface area contributed by atoms with Crippen molar-refractivity contribution in [1.82, 2.24) is 0 Å². The van der Waals surface area contributed by atoms with Gasteiger partial charge in [-0.25, -0.2) is 0 Å². The van der Waals surface area contributed by atoms with E-state index in [9.17, 15) is 22.8 Å². The molecule has 1 fully saturated rings. The highest BCUT2D eigenvalue weighted by Crippen LogP contribution is 2.29. The quantitative estimate of drug-likeness (QED) is 0.611. The second-order valence-corrected chi connectivity index (χ2v) is 3.61. The van der Waals surface area contributed by atoms with Gasteiger partial charge in [-0.05, 0) is 12.1 Å². The van der Waals surface area contributed by atoms with Crippen molar-refractivity contribution in [3.05, 3.63) is 29.8 Å². The summed E-state index contributed by atoms with van der Waals surface area (Å²) in [4.78, 5) is 22.1. The molecule has 102 valence electrons. The van der Waals surface area contributed by atoms with Crippen LogP contribution in [0.25, 0.3) is 0 Å². The van der Waals surface area contributed by atoms with Crippen LogP contribution in [-0.4, -0.2) is 18.3 Å². The van der Waals surface area contributed by atoms with Crippen molar-refractivity contribution in [2.45, 2.75) is 19.1 Å². The maximum absolute atomic E-state index is 12.0. The van der Waals surface area contributed by atoms with Gasteiger partial charge in [-0.15, -0.1) is 13.2 Å². The Kier molecular flexibility index (Phi) is 3.32. The fourth-order valence-corrected chi connectivity index (χ4v) is 1.46. The Hall–Kier alpha value is -2.25. The second-order valence-electron chi connectivity index (χ2n) is 3.61. The van der Waals surface area contributed by atoms with Crippen LogP contribution in [0.4, 0.5) is 13.2 Å². The molecule has 1 aromatic carbocycles. The van der Waals surface area contributed by atoms with Gasteiger partial charge in [0, 0.05) is 5.56 Å². The van der Waals surface area contributed by atoms with Gasteiger partial charge in [-0.2, -0.15) is 0 Å². The number of alkyl halides is 3. The molecule has 0 aromatic heterocycles. The van der Waals surface area contributed by atoms with Gasteiger partial charge < -0.3 is 14.2 Å². The highest BCUT2D eigenvalue weighted by atomic mass is 19.4. The van der Waals surface area contributed by atoms with Gasteiger partial charge in [0.2, 0.25) is 0 Å². The van der Waals surface area contributed by atoms with E-state index >= 15 is 0 Å². The average molecular weight is 276 g/mol. The third-order valence-electron chi connectivity index (χ3n) is 2.13. The van der Waals surface area contributed by atoms with E-state index in [4.69, 9.17) is 9.47 Å². The van der Waals surface area contributed by atoms with E-state index in [0.717, 1.165) is 12.1 Å². The van der Waals surface area contributed by atoms with Crippen molar-refractivity contribution < 1.29 is 37.0 Å². The van der Waals surface area contributed by atoms with E-state index in [-0.39, 0.29) is 5.56 Å². The first-order valence-electron chi connectivity index (χ1n) is 5.08. The molecule has 0 amide bonds. The molecule has 0 spiro atoms. The summed E-state index contributed by atoms with van der Waals surface area (Å²) in [6.45, 7) is 0. The number of cyclic esters (lactones) is 2. The lowest BCUT2D eigenvalue weighted by atomic mass is 10.2. The van der Waals surface area contributed by atoms with E-state index in [0.29, 0.717) is 0 Å². The minimum absolute atomic E-state index is 0.0724. The summed E-state index contributed by atoms with van der Waals surface area (Å²) < 4.78 is 49.3. The molecule has 1 aliphatic heterocycles. The topological polar surface area (TPSA) is 61.8 Å². The SMILES string of the molecule is O=C1CC(=O)OC(c2cccc(OC(F)(F)F)c2)O1.